The Hall–Kier alpha value is -2.87. The van der Waals surface area contributed by atoms with Crippen molar-refractivity contribution in [2.24, 2.45) is 0 Å². The van der Waals surface area contributed by atoms with Gasteiger partial charge in [-0.25, -0.2) is 8.42 Å². The standard InChI is InChI=1S/C25H26ClN3O3S/c1-19-7-10-22(11-8-19)33(31,32)27-24-12-9-21(17-23(24)26)25(30)29-15-13-28(14-16-29)18-20-5-3-2-4-6-20/h2-12,17,27H,13-16,18H2,1H3. The van der Waals surface area contributed by atoms with Gasteiger partial charge in [0, 0.05) is 38.3 Å². The number of benzene rings is 3. The number of hydrogen-bond donors (Lipinski definition) is 1. The third kappa shape index (κ3) is 5.74. The van der Waals surface area contributed by atoms with Gasteiger partial charge in [-0.15, -0.1) is 0 Å². The first-order valence-electron chi connectivity index (χ1n) is 10.8. The van der Waals surface area contributed by atoms with Crippen LogP contribution in [0.15, 0.2) is 77.7 Å². The highest BCUT2D eigenvalue weighted by molar-refractivity contribution is 7.92. The van der Waals surface area contributed by atoms with E-state index in [2.05, 4.69) is 21.8 Å². The molecule has 0 spiro atoms. The van der Waals surface area contributed by atoms with Crippen molar-refractivity contribution in [3.63, 3.8) is 0 Å². The van der Waals surface area contributed by atoms with Gasteiger partial charge in [0.25, 0.3) is 15.9 Å². The lowest BCUT2D eigenvalue weighted by Gasteiger charge is -2.34. The molecule has 0 atom stereocenters. The number of nitrogens with one attached hydrogen (secondary N) is 1. The summed E-state index contributed by atoms with van der Waals surface area (Å²) in [6.07, 6.45) is 0. The van der Waals surface area contributed by atoms with Gasteiger partial charge in [-0.3, -0.25) is 14.4 Å². The lowest BCUT2D eigenvalue weighted by molar-refractivity contribution is 0.0628. The molecule has 0 bridgehead atoms. The second-order valence-corrected chi connectivity index (χ2v) is 10.3. The number of carbonyl (C=O) groups is 1. The Morgan fingerprint density at radius 2 is 1.61 bits per heavy atom. The molecule has 33 heavy (non-hydrogen) atoms. The van der Waals surface area contributed by atoms with Crippen molar-refractivity contribution < 1.29 is 13.2 Å². The second-order valence-electron chi connectivity index (χ2n) is 8.17. The van der Waals surface area contributed by atoms with Gasteiger partial charge in [0.15, 0.2) is 0 Å². The van der Waals surface area contributed by atoms with Gasteiger partial charge in [0.1, 0.15) is 0 Å². The van der Waals surface area contributed by atoms with Crippen LogP contribution in [0.25, 0.3) is 0 Å². The summed E-state index contributed by atoms with van der Waals surface area (Å²) in [5.41, 5.74) is 2.90. The number of carbonyl (C=O) groups excluding carboxylic acids is 1. The fraction of sp³-hybridized carbons (Fsp3) is 0.240. The molecule has 1 N–H and O–H groups in total. The molecule has 1 saturated heterocycles. The van der Waals surface area contributed by atoms with Crippen LogP contribution >= 0.6 is 11.6 Å². The Morgan fingerprint density at radius 3 is 2.24 bits per heavy atom. The smallest absolute Gasteiger partial charge is 0.261 e. The van der Waals surface area contributed by atoms with Crippen LogP contribution in [-0.2, 0) is 16.6 Å². The molecule has 1 aliphatic heterocycles. The van der Waals surface area contributed by atoms with Crippen LogP contribution in [0.3, 0.4) is 0 Å². The summed E-state index contributed by atoms with van der Waals surface area (Å²) < 4.78 is 27.8. The van der Waals surface area contributed by atoms with Crippen LogP contribution in [0.1, 0.15) is 21.5 Å². The minimum Gasteiger partial charge on any atom is -0.336 e. The van der Waals surface area contributed by atoms with Crippen LogP contribution in [-0.4, -0.2) is 50.3 Å². The molecule has 172 valence electrons. The quantitative estimate of drug-likeness (QED) is 0.564. The molecule has 3 aromatic rings. The Balaban J connectivity index is 1.38. The van der Waals surface area contributed by atoms with Gasteiger partial charge in [-0.1, -0.05) is 59.6 Å². The van der Waals surface area contributed by atoms with Gasteiger partial charge in [0.05, 0.1) is 15.6 Å². The van der Waals surface area contributed by atoms with Crippen molar-refractivity contribution in [2.45, 2.75) is 18.4 Å². The lowest BCUT2D eigenvalue weighted by Crippen LogP contribution is -2.48. The van der Waals surface area contributed by atoms with Gasteiger partial charge in [-0.05, 0) is 42.8 Å². The summed E-state index contributed by atoms with van der Waals surface area (Å²) in [6.45, 7) is 5.60. The number of amides is 1. The van der Waals surface area contributed by atoms with E-state index in [-0.39, 0.29) is 21.5 Å². The largest absolute Gasteiger partial charge is 0.336 e. The number of hydrogen-bond acceptors (Lipinski definition) is 4. The van der Waals surface area contributed by atoms with Crippen molar-refractivity contribution in [2.75, 3.05) is 30.9 Å². The third-order valence-electron chi connectivity index (χ3n) is 5.70. The Bertz CT molecular complexity index is 1220. The molecular formula is C25H26ClN3O3S. The topological polar surface area (TPSA) is 69.7 Å². The maximum Gasteiger partial charge on any atom is 0.261 e. The zero-order valence-electron chi connectivity index (χ0n) is 18.4. The predicted octanol–water partition coefficient (Wildman–Crippen LogP) is 4.41. The molecule has 0 saturated carbocycles. The summed E-state index contributed by atoms with van der Waals surface area (Å²) >= 11 is 6.34. The van der Waals surface area contributed by atoms with Gasteiger partial charge in [-0.2, -0.15) is 0 Å². The highest BCUT2D eigenvalue weighted by Crippen LogP contribution is 2.27. The number of halogens is 1. The van der Waals surface area contributed by atoms with E-state index in [9.17, 15) is 13.2 Å². The monoisotopic (exact) mass is 483 g/mol. The molecule has 0 aliphatic carbocycles. The fourth-order valence-corrected chi connectivity index (χ4v) is 5.15. The van der Waals surface area contributed by atoms with Crippen molar-refractivity contribution in [3.05, 3.63) is 94.5 Å². The summed E-state index contributed by atoms with van der Waals surface area (Å²) in [6, 6.07) is 21.5. The Labute approximate surface area is 199 Å². The van der Waals surface area contributed by atoms with E-state index in [4.69, 9.17) is 11.6 Å². The number of sulfonamides is 1. The van der Waals surface area contributed by atoms with Crippen molar-refractivity contribution in [1.82, 2.24) is 9.80 Å². The fourth-order valence-electron chi connectivity index (χ4n) is 3.79. The van der Waals surface area contributed by atoms with Crippen molar-refractivity contribution in [1.29, 1.82) is 0 Å². The van der Waals surface area contributed by atoms with E-state index in [1.807, 2.05) is 30.0 Å². The number of rotatable bonds is 6. The molecule has 6 nitrogen and oxygen atoms in total. The molecule has 1 heterocycles. The van der Waals surface area contributed by atoms with Crippen molar-refractivity contribution in [3.8, 4) is 0 Å². The third-order valence-corrected chi connectivity index (χ3v) is 7.39. The normalized spacial score (nSPS) is 14.8. The van der Waals surface area contributed by atoms with Gasteiger partial charge >= 0.3 is 0 Å². The molecule has 1 aliphatic rings. The molecule has 3 aromatic carbocycles. The first-order valence-corrected chi connectivity index (χ1v) is 12.6. The van der Waals surface area contributed by atoms with E-state index in [0.29, 0.717) is 18.7 Å². The summed E-state index contributed by atoms with van der Waals surface area (Å²) in [4.78, 5) is 17.3. The molecule has 4 rings (SSSR count). The van der Waals surface area contributed by atoms with E-state index < -0.39 is 10.0 Å². The van der Waals surface area contributed by atoms with Crippen LogP contribution in [0, 0.1) is 6.92 Å². The number of piperazine rings is 1. The zero-order valence-corrected chi connectivity index (χ0v) is 19.9. The molecule has 1 amide bonds. The lowest BCUT2D eigenvalue weighted by atomic mass is 10.1. The average molecular weight is 484 g/mol. The molecule has 0 aromatic heterocycles. The van der Waals surface area contributed by atoms with E-state index in [1.165, 1.54) is 17.7 Å². The minimum atomic E-state index is -3.77. The first-order chi connectivity index (χ1) is 15.8. The van der Waals surface area contributed by atoms with Crippen LogP contribution < -0.4 is 4.72 Å². The maximum absolute atomic E-state index is 13.0. The van der Waals surface area contributed by atoms with Crippen LogP contribution in [0.2, 0.25) is 5.02 Å². The molecule has 1 fully saturated rings. The zero-order chi connectivity index (χ0) is 23.4. The van der Waals surface area contributed by atoms with Gasteiger partial charge < -0.3 is 4.90 Å². The molecular weight excluding hydrogens is 458 g/mol. The predicted molar refractivity (Wildman–Crippen MR) is 131 cm³/mol. The second kappa shape index (κ2) is 9.95. The Kier molecular flexibility index (Phi) is 7.02. The number of nitrogens with zero attached hydrogens (tertiary/aromatic N) is 2. The summed E-state index contributed by atoms with van der Waals surface area (Å²) in [7, 11) is -3.77. The van der Waals surface area contributed by atoms with E-state index >= 15 is 0 Å². The van der Waals surface area contributed by atoms with Gasteiger partial charge in [0.2, 0.25) is 0 Å². The summed E-state index contributed by atoms with van der Waals surface area (Å²) in [5.74, 6) is -0.107. The highest BCUT2D eigenvalue weighted by atomic mass is 35.5. The molecule has 0 unspecified atom stereocenters. The van der Waals surface area contributed by atoms with Crippen LogP contribution in [0.4, 0.5) is 5.69 Å². The SMILES string of the molecule is Cc1ccc(S(=O)(=O)Nc2ccc(C(=O)N3CCN(Cc4ccccc4)CC3)cc2Cl)cc1. The average Bonchev–Trinajstić information content (AvgIpc) is 2.81. The highest BCUT2D eigenvalue weighted by Gasteiger charge is 2.23. The number of anilines is 1. The van der Waals surface area contributed by atoms with Crippen LogP contribution in [0.5, 0.6) is 0 Å². The molecule has 0 radical (unpaired) electrons. The minimum absolute atomic E-state index is 0.107. The molecule has 8 heteroatoms. The van der Waals surface area contributed by atoms with Crippen molar-refractivity contribution >= 4 is 33.2 Å². The summed E-state index contributed by atoms with van der Waals surface area (Å²) in [5, 5.41) is 0.180. The van der Waals surface area contributed by atoms with E-state index in [1.54, 1.807) is 30.3 Å². The first kappa shape index (κ1) is 23.3. The Morgan fingerprint density at radius 1 is 0.939 bits per heavy atom. The number of aryl methyl sites for hydroxylation is 1. The maximum atomic E-state index is 13.0. The van der Waals surface area contributed by atoms with E-state index in [0.717, 1.165) is 25.2 Å².